The lowest BCUT2D eigenvalue weighted by Gasteiger charge is -2.37. The molecule has 0 unspecified atom stereocenters. The monoisotopic (exact) mass is 305 g/mol. The maximum atomic E-state index is 5.62. The van der Waals surface area contributed by atoms with Gasteiger partial charge >= 0.3 is 0 Å². The summed E-state index contributed by atoms with van der Waals surface area (Å²) in [6, 6.07) is 5.00. The average molecular weight is 305 g/mol. The molecule has 0 aliphatic carbocycles. The van der Waals surface area contributed by atoms with Crippen molar-refractivity contribution in [3.63, 3.8) is 0 Å². The quantitative estimate of drug-likeness (QED) is 0.690. The number of ether oxygens (including phenoxy) is 1. The molecule has 0 saturated carbocycles. The average Bonchev–Trinajstić information content (AvgIpc) is 2.55. The molecule has 0 radical (unpaired) electrons. The van der Waals surface area contributed by atoms with Gasteiger partial charge in [0.25, 0.3) is 0 Å². The Bertz CT molecular complexity index is 411. The number of aromatic nitrogens is 1. The van der Waals surface area contributed by atoms with Crippen molar-refractivity contribution in [2.75, 3.05) is 44.3 Å². The van der Waals surface area contributed by atoms with Crippen molar-refractivity contribution < 1.29 is 4.74 Å². The Balaban J connectivity index is 1.75. The van der Waals surface area contributed by atoms with Crippen LogP contribution in [0.5, 0.6) is 0 Å². The van der Waals surface area contributed by atoms with E-state index in [0.29, 0.717) is 6.04 Å². The lowest BCUT2D eigenvalue weighted by Crippen LogP contribution is -2.49. The number of hydrogen-bond acceptors (Lipinski definition) is 4. The summed E-state index contributed by atoms with van der Waals surface area (Å²) in [4.78, 5) is 9.55. The Morgan fingerprint density at radius 1 is 1.14 bits per heavy atom. The van der Waals surface area contributed by atoms with Gasteiger partial charge in [-0.25, -0.2) is 4.98 Å². The summed E-state index contributed by atoms with van der Waals surface area (Å²) in [6.07, 6.45) is 5.31. The molecule has 1 fully saturated rings. The summed E-state index contributed by atoms with van der Waals surface area (Å²) < 4.78 is 5.62. The van der Waals surface area contributed by atoms with Crippen molar-refractivity contribution in [1.82, 2.24) is 9.88 Å². The van der Waals surface area contributed by atoms with Gasteiger partial charge in [-0.2, -0.15) is 0 Å². The Kier molecular flexibility index (Phi) is 7.13. The highest BCUT2D eigenvalue weighted by atomic mass is 16.5. The molecule has 0 atom stereocenters. The minimum Gasteiger partial charge on any atom is -0.381 e. The van der Waals surface area contributed by atoms with E-state index in [1.165, 1.54) is 12.0 Å². The third-order valence-electron chi connectivity index (χ3n) is 4.35. The summed E-state index contributed by atoms with van der Waals surface area (Å²) in [5.74, 6) is 1.11. The summed E-state index contributed by atoms with van der Waals surface area (Å²) in [5.41, 5.74) is 1.26. The largest absolute Gasteiger partial charge is 0.381 e. The van der Waals surface area contributed by atoms with Gasteiger partial charge in [0.15, 0.2) is 0 Å². The van der Waals surface area contributed by atoms with E-state index in [0.717, 1.165) is 58.1 Å². The number of rotatable bonds is 8. The van der Waals surface area contributed by atoms with E-state index in [1.54, 1.807) is 0 Å². The molecule has 1 aliphatic rings. The van der Waals surface area contributed by atoms with Crippen LogP contribution in [0.1, 0.15) is 39.2 Å². The lowest BCUT2D eigenvalue weighted by molar-refractivity contribution is 0.134. The molecule has 1 aromatic rings. The van der Waals surface area contributed by atoms with Crippen molar-refractivity contribution in [2.45, 2.75) is 46.1 Å². The van der Waals surface area contributed by atoms with E-state index in [2.05, 4.69) is 47.7 Å². The van der Waals surface area contributed by atoms with Gasteiger partial charge in [-0.05, 0) is 38.3 Å². The van der Waals surface area contributed by atoms with Crippen LogP contribution in [0.15, 0.2) is 18.3 Å². The van der Waals surface area contributed by atoms with E-state index >= 15 is 0 Å². The van der Waals surface area contributed by atoms with Crippen molar-refractivity contribution in [3.05, 3.63) is 23.9 Å². The van der Waals surface area contributed by atoms with Crippen molar-refractivity contribution in [3.8, 4) is 0 Å². The van der Waals surface area contributed by atoms with Crippen LogP contribution in [0, 0.1) is 0 Å². The summed E-state index contributed by atoms with van der Waals surface area (Å²) in [7, 11) is 0. The maximum absolute atomic E-state index is 5.62. The first-order valence-electron chi connectivity index (χ1n) is 8.72. The van der Waals surface area contributed by atoms with Crippen LogP contribution in [0.25, 0.3) is 0 Å². The zero-order valence-electron chi connectivity index (χ0n) is 14.4. The van der Waals surface area contributed by atoms with Crippen molar-refractivity contribution >= 4 is 5.82 Å². The van der Waals surface area contributed by atoms with Gasteiger partial charge in [0.2, 0.25) is 0 Å². The maximum Gasteiger partial charge on any atom is 0.128 e. The van der Waals surface area contributed by atoms with Gasteiger partial charge in [-0.15, -0.1) is 0 Å². The van der Waals surface area contributed by atoms with Crippen LogP contribution in [0.3, 0.4) is 0 Å². The SMILES string of the molecule is CCCCOCCc1ccc(N2CCN(C(C)C)CC2)nc1. The second-order valence-corrected chi connectivity index (χ2v) is 6.36. The first-order chi connectivity index (χ1) is 10.7. The van der Waals surface area contributed by atoms with Crippen LogP contribution in [-0.4, -0.2) is 55.3 Å². The number of unbranched alkanes of at least 4 members (excludes halogenated alkanes) is 1. The molecule has 0 spiro atoms. The standard InChI is InChI=1S/C18H31N3O/c1-4-5-13-22-14-8-17-6-7-18(19-15-17)21-11-9-20(10-12-21)16(2)3/h6-7,15-16H,4-5,8-14H2,1-3H3. The molecule has 2 rings (SSSR count). The molecule has 0 amide bonds. The molecule has 4 nitrogen and oxygen atoms in total. The molecule has 22 heavy (non-hydrogen) atoms. The Hall–Kier alpha value is -1.13. The van der Waals surface area contributed by atoms with Crippen molar-refractivity contribution in [2.24, 2.45) is 0 Å². The van der Waals surface area contributed by atoms with E-state index < -0.39 is 0 Å². The Morgan fingerprint density at radius 3 is 2.50 bits per heavy atom. The molecule has 0 bridgehead atoms. The third-order valence-corrected chi connectivity index (χ3v) is 4.35. The van der Waals surface area contributed by atoms with Gasteiger partial charge in [0.05, 0.1) is 6.61 Å². The van der Waals surface area contributed by atoms with Gasteiger partial charge < -0.3 is 9.64 Å². The van der Waals surface area contributed by atoms with Gasteiger partial charge in [-0.1, -0.05) is 19.4 Å². The molecule has 1 saturated heterocycles. The van der Waals surface area contributed by atoms with Crippen LogP contribution in [0.2, 0.25) is 0 Å². The molecule has 0 N–H and O–H groups in total. The number of pyridine rings is 1. The van der Waals surface area contributed by atoms with Crippen LogP contribution in [0.4, 0.5) is 5.82 Å². The zero-order valence-corrected chi connectivity index (χ0v) is 14.4. The predicted octanol–water partition coefficient (Wildman–Crippen LogP) is 2.97. The lowest BCUT2D eigenvalue weighted by atomic mass is 10.2. The van der Waals surface area contributed by atoms with E-state index in [1.807, 2.05) is 6.20 Å². The molecule has 4 heteroatoms. The third kappa shape index (κ3) is 5.25. The molecule has 1 aromatic heterocycles. The molecular weight excluding hydrogens is 274 g/mol. The van der Waals surface area contributed by atoms with E-state index in [-0.39, 0.29) is 0 Å². The van der Waals surface area contributed by atoms with Crippen LogP contribution < -0.4 is 4.90 Å². The van der Waals surface area contributed by atoms with E-state index in [9.17, 15) is 0 Å². The Morgan fingerprint density at radius 2 is 1.91 bits per heavy atom. The fraction of sp³-hybridized carbons (Fsp3) is 0.722. The van der Waals surface area contributed by atoms with Crippen LogP contribution in [-0.2, 0) is 11.2 Å². The predicted molar refractivity (Wildman–Crippen MR) is 92.6 cm³/mol. The number of hydrogen-bond donors (Lipinski definition) is 0. The molecule has 0 aromatic carbocycles. The second-order valence-electron chi connectivity index (χ2n) is 6.36. The van der Waals surface area contributed by atoms with Gasteiger partial charge in [-0.3, -0.25) is 4.90 Å². The van der Waals surface area contributed by atoms with Gasteiger partial charge in [0.1, 0.15) is 5.82 Å². The molecule has 2 heterocycles. The normalized spacial score (nSPS) is 16.5. The first kappa shape index (κ1) is 17.2. The topological polar surface area (TPSA) is 28.6 Å². The fourth-order valence-corrected chi connectivity index (χ4v) is 2.76. The minimum absolute atomic E-state index is 0.644. The fourth-order valence-electron chi connectivity index (χ4n) is 2.76. The second kappa shape index (κ2) is 9.11. The number of anilines is 1. The Labute approximate surface area is 135 Å². The summed E-state index contributed by atoms with van der Waals surface area (Å²) in [6.45, 7) is 12.8. The summed E-state index contributed by atoms with van der Waals surface area (Å²) in [5, 5.41) is 0. The first-order valence-corrected chi connectivity index (χ1v) is 8.72. The highest BCUT2D eigenvalue weighted by Crippen LogP contribution is 2.15. The highest BCUT2D eigenvalue weighted by Gasteiger charge is 2.19. The zero-order chi connectivity index (χ0) is 15.8. The van der Waals surface area contributed by atoms with Crippen LogP contribution >= 0.6 is 0 Å². The number of nitrogens with zero attached hydrogens (tertiary/aromatic N) is 3. The number of piperazine rings is 1. The molecule has 124 valence electrons. The highest BCUT2D eigenvalue weighted by molar-refractivity contribution is 5.40. The van der Waals surface area contributed by atoms with Crippen molar-refractivity contribution in [1.29, 1.82) is 0 Å². The van der Waals surface area contributed by atoms with Gasteiger partial charge in [0, 0.05) is 45.0 Å². The smallest absolute Gasteiger partial charge is 0.128 e. The van der Waals surface area contributed by atoms with E-state index in [4.69, 9.17) is 4.74 Å². The molecular formula is C18H31N3O. The molecule has 1 aliphatic heterocycles. The summed E-state index contributed by atoms with van der Waals surface area (Å²) >= 11 is 0. The minimum atomic E-state index is 0.644.